The second-order valence-electron chi connectivity index (χ2n) is 5.06. The number of benzene rings is 1. The zero-order valence-corrected chi connectivity index (χ0v) is 13.4. The molecule has 1 N–H and O–H groups in total. The monoisotopic (exact) mass is 322 g/mol. The van der Waals surface area contributed by atoms with Crippen molar-refractivity contribution in [2.45, 2.75) is 26.4 Å². The second kappa shape index (κ2) is 7.91. The molecule has 0 aliphatic rings. The van der Waals surface area contributed by atoms with Crippen molar-refractivity contribution in [1.82, 2.24) is 20.3 Å². The Labute approximate surface area is 134 Å². The van der Waals surface area contributed by atoms with Crippen molar-refractivity contribution in [2.75, 3.05) is 13.2 Å². The molecule has 1 heterocycles. The topological polar surface area (TPSA) is 69.0 Å². The van der Waals surface area contributed by atoms with Gasteiger partial charge >= 0.3 is 0 Å². The van der Waals surface area contributed by atoms with Crippen LogP contribution >= 0.6 is 11.6 Å². The molecule has 0 saturated carbocycles. The molecule has 0 aliphatic carbocycles. The lowest BCUT2D eigenvalue weighted by Gasteiger charge is -2.07. The van der Waals surface area contributed by atoms with Gasteiger partial charge < -0.3 is 10.1 Å². The fourth-order valence-corrected chi connectivity index (χ4v) is 1.98. The lowest BCUT2D eigenvalue weighted by Crippen LogP contribution is -2.25. The van der Waals surface area contributed by atoms with Crippen molar-refractivity contribution in [1.29, 1.82) is 0 Å². The second-order valence-corrected chi connectivity index (χ2v) is 5.49. The number of nitrogens with zero attached hydrogens (tertiary/aromatic N) is 3. The van der Waals surface area contributed by atoms with E-state index in [0.717, 1.165) is 12.1 Å². The SMILES string of the molecule is CC(C)OCCCNC(=O)c1cn(-c2cccc(Cl)c2)nn1. The highest BCUT2D eigenvalue weighted by atomic mass is 35.5. The highest BCUT2D eigenvalue weighted by Gasteiger charge is 2.11. The highest BCUT2D eigenvalue weighted by molar-refractivity contribution is 6.30. The van der Waals surface area contributed by atoms with E-state index in [1.165, 1.54) is 4.68 Å². The van der Waals surface area contributed by atoms with Crippen molar-refractivity contribution in [3.63, 3.8) is 0 Å². The molecule has 2 aromatic rings. The van der Waals surface area contributed by atoms with Gasteiger partial charge in [0.15, 0.2) is 5.69 Å². The maximum Gasteiger partial charge on any atom is 0.273 e. The number of ether oxygens (including phenoxy) is 1. The molecular formula is C15H19ClN4O2. The first-order valence-electron chi connectivity index (χ1n) is 7.14. The molecule has 7 heteroatoms. The first-order chi connectivity index (χ1) is 10.6. The van der Waals surface area contributed by atoms with E-state index in [2.05, 4.69) is 15.6 Å². The van der Waals surface area contributed by atoms with Crippen LogP contribution in [-0.4, -0.2) is 40.2 Å². The third-order valence-corrected chi connectivity index (χ3v) is 3.09. The summed E-state index contributed by atoms with van der Waals surface area (Å²) >= 11 is 5.93. The fourth-order valence-electron chi connectivity index (χ4n) is 1.80. The largest absolute Gasteiger partial charge is 0.379 e. The van der Waals surface area contributed by atoms with Crippen LogP contribution in [0, 0.1) is 0 Å². The number of carbonyl (C=O) groups is 1. The summed E-state index contributed by atoms with van der Waals surface area (Å²) in [4.78, 5) is 12.0. The van der Waals surface area contributed by atoms with E-state index in [-0.39, 0.29) is 17.7 Å². The number of amides is 1. The summed E-state index contributed by atoms with van der Waals surface area (Å²) in [7, 11) is 0. The first kappa shape index (κ1) is 16.5. The molecule has 0 aliphatic heterocycles. The van der Waals surface area contributed by atoms with Crippen molar-refractivity contribution >= 4 is 17.5 Å². The van der Waals surface area contributed by atoms with Crippen molar-refractivity contribution in [3.8, 4) is 5.69 Å². The summed E-state index contributed by atoms with van der Waals surface area (Å²) in [6.07, 6.45) is 2.53. The Morgan fingerprint density at radius 2 is 2.27 bits per heavy atom. The van der Waals surface area contributed by atoms with Gasteiger partial charge in [0.1, 0.15) is 0 Å². The number of aromatic nitrogens is 3. The van der Waals surface area contributed by atoms with E-state index >= 15 is 0 Å². The number of hydrogen-bond donors (Lipinski definition) is 1. The van der Waals surface area contributed by atoms with Crippen LogP contribution in [0.1, 0.15) is 30.8 Å². The van der Waals surface area contributed by atoms with Crippen LogP contribution in [0.4, 0.5) is 0 Å². The molecule has 118 valence electrons. The first-order valence-corrected chi connectivity index (χ1v) is 7.52. The molecule has 1 aromatic carbocycles. The van der Waals surface area contributed by atoms with Gasteiger partial charge in [0.05, 0.1) is 18.0 Å². The average molecular weight is 323 g/mol. The Kier molecular flexibility index (Phi) is 5.91. The fraction of sp³-hybridized carbons (Fsp3) is 0.400. The predicted molar refractivity (Wildman–Crippen MR) is 84.4 cm³/mol. The van der Waals surface area contributed by atoms with Crippen LogP contribution in [-0.2, 0) is 4.74 Å². The van der Waals surface area contributed by atoms with Gasteiger partial charge in [-0.3, -0.25) is 4.79 Å². The summed E-state index contributed by atoms with van der Waals surface area (Å²) in [5.74, 6) is -0.252. The summed E-state index contributed by atoms with van der Waals surface area (Å²) < 4.78 is 6.92. The molecule has 1 aromatic heterocycles. The van der Waals surface area contributed by atoms with E-state index in [1.54, 1.807) is 18.3 Å². The number of nitrogens with one attached hydrogen (secondary N) is 1. The molecular weight excluding hydrogens is 304 g/mol. The molecule has 2 rings (SSSR count). The highest BCUT2D eigenvalue weighted by Crippen LogP contribution is 2.13. The van der Waals surface area contributed by atoms with Gasteiger partial charge in [0.2, 0.25) is 0 Å². The number of rotatable bonds is 7. The maximum absolute atomic E-state index is 12.0. The smallest absolute Gasteiger partial charge is 0.273 e. The Balaban J connectivity index is 1.87. The molecule has 22 heavy (non-hydrogen) atoms. The van der Waals surface area contributed by atoms with Gasteiger partial charge in [-0.2, -0.15) is 0 Å². The Hall–Kier alpha value is -1.92. The zero-order valence-electron chi connectivity index (χ0n) is 12.6. The van der Waals surface area contributed by atoms with Crippen LogP contribution in [0.5, 0.6) is 0 Å². The normalized spacial score (nSPS) is 10.9. The third kappa shape index (κ3) is 4.82. The van der Waals surface area contributed by atoms with Gasteiger partial charge in [0, 0.05) is 18.2 Å². The van der Waals surface area contributed by atoms with Crippen molar-refractivity contribution in [3.05, 3.63) is 41.2 Å². The molecule has 0 unspecified atom stereocenters. The summed E-state index contributed by atoms with van der Waals surface area (Å²) in [5.41, 5.74) is 1.02. The van der Waals surface area contributed by atoms with Gasteiger partial charge in [0.25, 0.3) is 5.91 Å². The van der Waals surface area contributed by atoms with E-state index in [1.807, 2.05) is 26.0 Å². The van der Waals surface area contributed by atoms with Crippen LogP contribution in [0.15, 0.2) is 30.5 Å². The molecule has 0 radical (unpaired) electrons. The minimum absolute atomic E-state index is 0.202. The average Bonchev–Trinajstić information content (AvgIpc) is 2.96. The van der Waals surface area contributed by atoms with E-state index in [9.17, 15) is 4.79 Å². The molecule has 6 nitrogen and oxygen atoms in total. The van der Waals surface area contributed by atoms with Gasteiger partial charge in [-0.05, 0) is 38.5 Å². The summed E-state index contributed by atoms with van der Waals surface area (Å²) in [5, 5.41) is 11.2. The number of hydrogen-bond acceptors (Lipinski definition) is 4. The molecule has 1 amide bonds. The molecule has 0 saturated heterocycles. The molecule has 0 fully saturated rings. The minimum atomic E-state index is -0.252. The van der Waals surface area contributed by atoms with Crippen LogP contribution < -0.4 is 5.32 Å². The zero-order chi connectivity index (χ0) is 15.9. The van der Waals surface area contributed by atoms with E-state index < -0.39 is 0 Å². The molecule has 0 spiro atoms. The van der Waals surface area contributed by atoms with E-state index in [0.29, 0.717) is 18.2 Å². The molecule has 0 atom stereocenters. The number of carbonyl (C=O) groups excluding carboxylic acids is 1. The lowest BCUT2D eigenvalue weighted by atomic mass is 10.3. The Bertz CT molecular complexity index is 628. The van der Waals surface area contributed by atoms with Crippen molar-refractivity contribution in [2.24, 2.45) is 0 Å². The van der Waals surface area contributed by atoms with Crippen LogP contribution in [0.25, 0.3) is 5.69 Å². The van der Waals surface area contributed by atoms with Gasteiger partial charge in [-0.1, -0.05) is 22.9 Å². The van der Waals surface area contributed by atoms with Crippen molar-refractivity contribution < 1.29 is 9.53 Å². The summed E-state index contributed by atoms with van der Waals surface area (Å²) in [6, 6.07) is 7.18. The molecule has 0 bridgehead atoms. The Morgan fingerprint density at radius 3 is 3.00 bits per heavy atom. The number of halogens is 1. The third-order valence-electron chi connectivity index (χ3n) is 2.86. The van der Waals surface area contributed by atoms with Crippen LogP contribution in [0.2, 0.25) is 5.02 Å². The predicted octanol–water partition coefficient (Wildman–Crippen LogP) is 2.47. The van der Waals surface area contributed by atoms with Crippen LogP contribution in [0.3, 0.4) is 0 Å². The maximum atomic E-state index is 12.0. The summed E-state index contributed by atoms with van der Waals surface area (Å²) in [6.45, 7) is 5.11. The quantitative estimate of drug-likeness (QED) is 0.795. The van der Waals surface area contributed by atoms with Gasteiger partial charge in [-0.15, -0.1) is 5.10 Å². The van der Waals surface area contributed by atoms with Gasteiger partial charge in [-0.25, -0.2) is 4.68 Å². The standard InChI is InChI=1S/C15H19ClN4O2/c1-11(2)22-8-4-7-17-15(21)14-10-20(19-18-14)13-6-3-5-12(16)9-13/h3,5-6,9-11H,4,7-8H2,1-2H3,(H,17,21). The Morgan fingerprint density at radius 1 is 1.45 bits per heavy atom. The van der Waals surface area contributed by atoms with E-state index in [4.69, 9.17) is 16.3 Å². The minimum Gasteiger partial charge on any atom is -0.379 e. The lowest BCUT2D eigenvalue weighted by molar-refractivity contribution is 0.0756.